The molecule has 0 aromatic rings. The molecule has 0 heterocycles. The minimum atomic E-state index is -0.519. The van der Waals surface area contributed by atoms with Crippen molar-refractivity contribution in [1.29, 1.82) is 0 Å². The van der Waals surface area contributed by atoms with Crippen LogP contribution in [0, 0.1) is 5.92 Å². The lowest BCUT2D eigenvalue weighted by molar-refractivity contribution is -0.108. The van der Waals surface area contributed by atoms with E-state index in [4.69, 9.17) is 0 Å². The van der Waals surface area contributed by atoms with Gasteiger partial charge >= 0.3 is 0 Å². The highest BCUT2D eigenvalue weighted by atomic mass is 16.3. The Hall–Kier alpha value is -0.630. The third-order valence-corrected chi connectivity index (χ3v) is 3.70. The second kappa shape index (κ2) is 9.32. The lowest BCUT2D eigenvalue weighted by Gasteiger charge is -2.20. The number of carbonyl (C=O) groups excluding carboxylic acids is 1. The van der Waals surface area contributed by atoms with Crippen LogP contribution in [0.5, 0.6) is 0 Å². The zero-order valence-corrected chi connectivity index (χ0v) is 12.5. The average Bonchev–Trinajstić information content (AvgIpc) is 2.29. The third-order valence-electron chi connectivity index (χ3n) is 3.70. The SMILES string of the molecule is CCC(C)(O)CCC=C(C)CCCC(C)CC=O. The van der Waals surface area contributed by atoms with Gasteiger partial charge < -0.3 is 9.90 Å². The van der Waals surface area contributed by atoms with Gasteiger partial charge in [-0.2, -0.15) is 0 Å². The van der Waals surface area contributed by atoms with E-state index in [9.17, 15) is 9.90 Å². The minimum absolute atomic E-state index is 0.510. The highest BCUT2D eigenvalue weighted by Crippen LogP contribution is 2.18. The molecule has 0 amide bonds. The monoisotopic (exact) mass is 254 g/mol. The number of aldehydes is 1. The first kappa shape index (κ1) is 17.4. The third kappa shape index (κ3) is 9.41. The normalized spacial score (nSPS) is 17.3. The van der Waals surface area contributed by atoms with Crippen LogP contribution in [-0.4, -0.2) is 17.0 Å². The molecule has 0 saturated carbocycles. The van der Waals surface area contributed by atoms with Crippen LogP contribution in [0.15, 0.2) is 11.6 Å². The Morgan fingerprint density at radius 2 is 2.11 bits per heavy atom. The zero-order valence-electron chi connectivity index (χ0n) is 12.5. The van der Waals surface area contributed by atoms with Gasteiger partial charge in [0.15, 0.2) is 0 Å². The molecular formula is C16H30O2. The number of hydrogen-bond donors (Lipinski definition) is 1. The molecule has 0 aliphatic carbocycles. The van der Waals surface area contributed by atoms with Crippen LogP contribution >= 0.6 is 0 Å². The molecular weight excluding hydrogens is 224 g/mol. The Labute approximate surface area is 112 Å². The topological polar surface area (TPSA) is 37.3 Å². The van der Waals surface area contributed by atoms with Crippen molar-refractivity contribution in [2.24, 2.45) is 5.92 Å². The average molecular weight is 254 g/mol. The van der Waals surface area contributed by atoms with E-state index >= 15 is 0 Å². The van der Waals surface area contributed by atoms with Crippen molar-refractivity contribution in [2.75, 3.05) is 0 Å². The molecule has 106 valence electrons. The second-order valence-corrected chi connectivity index (χ2v) is 5.84. The molecule has 0 aliphatic heterocycles. The van der Waals surface area contributed by atoms with Gasteiger partial charge in [-0.1, -0.05) is 25.5 Å². The van der Waals surface area contributed by atoms with E-state index in [2.05, 4.69) is 19.9 Å². The summed E-state index contributed by atoms with van der Waals surface area (Å²) in [4.78, 5) is 10.3. The van der Waals surface area contributed by atoms with Crippen LogP contribution in [0.4, 0.5) is 0 Å². The molecule has 0 saturated heterocycles. The minimum Gasteiger partial charge on any atom is -0.390 e. The van der Waals surface area contributed by atoms with Crippen molar-refractivity contribution < 1.29 is 9.90 Å². The first-order chi connectivity index (χ1) is 8.41. The molecule has 0 rings (SSSR count). The summed E-state index contributed by atoms with van der Waals surface area (Å²) >= 11 is 0. The van der Waals surface area contributed by atoms with Gasteiger partial charge in [-0.3, -0.25) is 0 Å². The number of allylic oxidation sites excluding steroid dienone is 2. The van der Waals surface area contributed by atoms with Gasteiger partial charge in [0.05, 0.1) is 5.60 Å². The highest BCUT2D eigenvalue weighted by molar-refractivity contribution is 5.49. The molecule has 1 N–H and O–H groups in total. The van der Waals surface area contributed by atoms with E-state index in [-0.39, 0.29) is 0 Å². The fourth-order valence-corrected chi connectivity index (χ4v) is 1.92. The molecule has 2 heteroatoms. The van der Waals surface area contributed by atoms with Crippen LogP contribution in [0.1, 0.15) is 72.6 Å². The van der Waals surface area contributed by atoms with Gasteiger partial charge in [0.1, 0.15) is 6.29 Å². The Bertz CT molecular complexity index is 254. The molecule has 2 unspecified atom stereocenters. The standard InChI is InChI=1S/C16H30O2/c1-5-16(4,18)12-7-10-14(2)8-6-9-15(3)11-13-17/h10,13,15,18H,5-9,11-12H2,1-4H3. The fourth-order valence-electron chi connectivity index (χ4n) is 1.92. The van der Waals surface area contributed by atoms with Gasteiger partial charge in [-0.05, 0) is 58.3 Å². The molecule has 0 aromatic carbocycles. The molecule has 0 radical (unpaired) electrons. The van der Waals surface area contributed by atoms with Crippen LogP contribution in [-0.2, 0) is 4.79 Å². The van der Waals surface area contributed by atoms with Crippen LogP contribution in [0.2, 0.25) is 0 Å². The first-order valence-electron chi connectivity index (χ1n) is 7.23. The molecule has 2 atom stereocenters. The number of aliphatic hydroxyl groups is 1. The maximum absolute atomic E-state index is 10.3. The zero-order chi connectivity index (χ0) is 14.0. The molecule has 0 bridgehead atoms. The molecule has 0 spiro atoms. The summed E-state index contributed by atoms with van der Waals surface area (Å²) in [5, 5.41) is 9.88. The van der Waals surface area contributed by atoms with Gasteiger partial charge in [0.2, 0.25) is 0 Å². The highest BCUT2D eigenvalue weighted by Gasteiger charge is 2.15. The van der Waals surface area contributed by atoms with E-state index in [0.29, 0.717) is 12.3 Å². The lowest BCUT2D eigenvalue weighted by Crippen LogP contribution is -2.21. The summed E-state index contributed by atoms with van der Waals surface area (Å²) in [7, 11) is 0. The van der Waals surface area contributed by atoms with Crippen molar-refractivity contribution >= 4 is 6.29 Å². The second-order valence-electron chi connectivity index (χ2n) is 5.84. The predicted octanol–water partition coefficient (Wildman–Crippen LogP) is 4.27. The van der Waals surface area contributed by atoms with Crippen LogP contribution in [0.25, 0.3) is 0 Å². The molecule has 2 nitrogen and oxygen atoms in total. The van der Waals surface area contributed by atoms with Crippen molar-refractivity contribution in [3.05, 3.63) is 11.6 Å². The largest absolute Gasteiger partial charge is 0.390 e. The Balaban J connectivity index is 3.75. The van der Waals surface area contributed by atoms with Gasteiger partial charge in [0, 0.05) is 6.42 Å². The summed E-state index contributed by atoms with van der Waals surface area (Å²) in [5.74, 6) is 0.510. The lowest BCUT2D eigenvalue weighted by atomic mass is 9.95. The maximum atomic E-state index is 10.3. The van der Waals surface area contributed by atoms with E-state index in [0.717, 1.165) is 44.8 Å². The van der Waals surface area contributed by atoms with Crippen molar-refractivity contribution in [3.8, 4) is 0 Å². The Morgan fingerprint density at radius 1 is 1.44 bits per heavy atom. The first-order valence-corrected chi connectivity index (χ1v) is 7.23. The van der Waals surface area contributed by atoms with E-state index in [1.807, 2.05) is 13.8 Å². The van der Waals surface area contributed by atoms with E-state index in [1.54, 1.807) is 0 Å². The van der Waals surface area contributed by atoms with Crippen molar-refractivity contribution in [2.45, 2.75) is 78.2 Å². The quantitative estimate of drug-likeness (QED) is 0.467. The smallest absolute Gasteiger partial charge is 0.120 e. The molecule has 0 fully saturated rings. The Morgan fingerprint density at radius 3 is 2.67 bits per heavy atom. The van der Waals surface area contributed by atoms with Gasteiger partial charge in [-0.25, -0.2) is 0 Å². The number of carbonyl (C=O) groups is 1. The fraction of sp³-hybridized carbons (Fsp3) is 0.812. The maximum Gasteiger partial charge on any atom is 0.120 e. The summed E-state index contributed by atoms with van der Waals surface area (Å²) in [6.07, 6.45) is 9.93. The van der Waals surface area contributed by atoms with Gasteiger partial charge in [-0.15, -0.1) is 0 Å². The van der Waals surface area contributed by atoms with E-state index in [1.165, 1.54) is 5.57 Å². The summed E-state index contributed by atoms with van der Waals surface area (Å²) in [6.45, 7) is 8.21. The van der Waals surface area contributed by atoms with E-state index < -0.39 is 5.60 Å². The molecule has 0 aliphatic rings. The predicted molar refractivity (Wildman–Crippen MR) is 77.6 cm³/mol. The van der Waals surface area contributed by atoms with Crippen LogP contribution in [0.3, 0.4) is 0 Å². The van der Waals surface area contributed by atoms with Crippen LogP contribution < -0.4 is 0 Å². The summed E-state index contributed by atoms with van der Waals surface area (Å²) in [6, 6.07) is 0. The molecule has 18 heavy (non-hydrogen) atoms. The van der Waals surface area contributed by atoms with Crippen molar-refractivity contribution in [1.82, 2.24) is 0 Å². The summed E-state index contributed by atoms with van der Waals surface area (Å²) in [5.41, 5.74) is 0.884. The molecule has 0 aromatic heterocycles. The number of hydrogen-bond acceptors (Lipinski definition) is 2. The van der Waals surface area contributed by atoms with Gasteiger partial charge in [0.25, 0.3) is 0 Å². The van der Waals surface area contributed by atoms with Crippen molar-refractivity contribution in [3.63, 3.8) is 0 Å². The Kier molecular flexibility index (Phi) is 8.99. The summed E-state index contributed by atoms with van der Waals surface area (Å²) < 4.78 is 0. The number of rotatable bonds is 10.